The molecule has 0 aromatic carbocycles. The van der Waals surface area contributed by atoms with E-state index in [1.54, 1.807) is 7.11 Å². The molecule has 0 spiro atoms. The molecule has 1 fully saturated rings. The van der Waals surface area contributed by atoms with Crippen LogP contribution in [0.2, 0.25) is 0 Å². The predicted octanol–water partition coefficient (Wildman–Crippen LogP) is 0.883. The second-order valence-electron chi connectivity index (χ2n) is 4.43. The number of rotatable bonds is 4. The average molecular weight is 202 g/mol. The molecule has 1 saturated carbocycles. The van der Waals surface area contributed by atoms with Crippen molar-refractivity contribution in [3.05, 3.63) is 0 Å². The van der Waals surface area contributed by atoms with Crippen LogP contribution in [0.15, 0.2) is 0 Å². The Morgan fingerprint density at radius 3 is 2.29 bits per heavy atom. The van der Waals surface area contributed by atoms with E-state index in [2.05, 4.69) is 0 Å². The fourth-order valence-corrected chi connectivity index (χ4v) is 2.28. The van der Waals surface area contributed by atoms with Crippen LogP contribution in [-0.2, 0) is 9.53 Å². The Hall–Kier alpha value is -0.610. The predicted molar refractivity (Wildman–Crippen MR) is 50.9 cm³/mol. The Kier molecular flexibility index (Phi) is 3.17. The Labute approximate surface area is 83.9 Å². The first-order valence-corrected chi connectivity index (χ1v) is 4.88. The molecule has 0 heterocycles. The van der Waals surface area contributed by atoms with Crippen LogP contribution in [0.4, 0.5) is 0 Å². The van der Waals surface area contributed by atoms with Gasteiger partial charge in [-0.15, -0.1) is 0 Å². The van der Waals surface area contributed by atoms with Crippen molar-refractivity contribution >= 4 is 5.97 Å². The van der Waals surface area contributed by atoms with Gasteiger partial charge in [-0.25, -0.2) is 0 Å². The average Bonchev–Trinajstić information content (AvgIpc) is 1.97. The number of aliphatic carboxylic acids is 1. The van der Waals surface area contributed by atoms with Crippen LogP contribution in [0, 0.1) is 11.8 Å². The molecule has 0 saturated heterocycles. The molecule has 1 atom stereocenters. The zero-order chi connectivity index (χ0) is 10.9. The minimum absolute atomic E-state index is 0.0144. The molecule has 2 N–H and O–H groups in total. The van der Waals surface area contributed by atoms with Crippen molar-refractivity contribution in [3.63, 3.8) is 0 Å². The fraction of sp³-hybridized carbons (Fsp3) is 0.900. The Balaban J connectivity index is 2.66. The van der Waals surface area contributed by atoms with Gasteiger partial charge < -0.3 is 14.9 Å². The lowest BCUT2D eigenvalue weighted by Gasteiger charge is -2.47. The quantitative estimate of drug-likeness (QED) is 0.710. The van der Waals surface area contributed by atoms with Crippen molar-refractivity contribution in [1.82, 2.24) is 0 Å². The van der Waals surface area contributed by atoms with Gasteiger partial charge in [0.15, 0.2) is 0 Å². The molecule has 0 aromatic rings. The molecule has 1 unspecified atom stereocenters. The van der Waals surface area contributed by atoms with Gasteiger partial charge in [-0.1, -0.05) is 13.8 Å². The summed E-state index contributed by atoms with van der Waals surface area (Å²) in [5.74, 6) is -1.67. The van der Waals surface area contributed by atoms with Gasteiger partial charge in [-0.3, -0.25) is 4.79 Å². The third kappa shape index (κ3) is 1.91. The van der Waals surface area contributed by atoms with E-state index in [4.69, 9.17) is 9.84 Å². The molecular weight excluding hydrogens is 184 g/mol. The van der Waals surface area contributed by atoms with E-state index >= 15 is 0 Å². The molecule has 1 aliphatic carbocycles. The number of carboxylic acids is 1. The Morgan fingerprint density at radius 1 is 1.50 bits per heavy atom. The molecule has 14 heavy (non-hydrogen) atoms. The normalized spacial score (nSPS) is 33.9. The second-order valence-corrected chi connectivity index (χ2v) is 4.43. The third-order valence-electron chi connectivity index (χ3n) is 3.01. The lowest BCUT2D eigenvalue weighted by atomic mass is 9.65. The number of hydrogen-bond donors (Lipinski definition) is 2. The summed E-state index contributed by atoms with van der Waals surface area (Å²) in [6.07, 6.45) is 0.873. The van der Waals surface area contributed by atoms with Crippen LogP contribution in [0.1, 0.15) is 26.7 Å². The summed E-state index contributed by atoms with van der Waals surface area (Å²) in [6.45, 7) is 3.63. The number of aliphatic hydroxyl groups is 1. The third-order valence-corrected chi connectivity index (χ3v) is 3.01. The van der Waals surface area contributed by atoms with E-state index in [0.29, 0.717) is 12.8 Å². The van der Waals surface area contributed by atoms with Crippen molar-refractivity contribution in [2.75, 3.05) is 7.11 Å². The fourth-order valence-electron chi connectivity index (χ4n) is 2.28. The lowest BCUT2D eigenvalue weighted by Crippen LogP contribution is -2.57. The van der Waals surface area contributed by atoms with Crippen molar-refractivity contribution < 1.29 is 19.7 Å². The zero-order valence-corrected chi connectivity index (χ0v) is 8.86. The van der Waals surface area contributed by atoms with Crippen molar-refractivity contribution in [2.24, 2.45) is 11.8 Å². The monoisotopic (exact) mass is 202 g/mol. The molecule has 0 aliphatic heterocycles. The highest BCUT2D eigenvalue weighted by atomic mass is 16.5. The van der Waals surface area contributed by atoms with E-state index < -0.39 is 17.5 Å². The summed E-state index contributed by atoms with van der Waals surface area (Å²) in [5, 5.41) is 19.1. The second kappa shape index (κ2) is 3.87. The number of methoxy groups -OCH3 is 1. The molecule has 0 bridgehead atoms. The smallest absolute Gasteiger partial charge is 0.309 e. The van der Waals surface area contributed by atoms with Gasteiger partial charge in [-0.05, 0) is 5.92 Å². The number of ether oxygens (including phenoxy) is 1. The summed E-state index contributed by atoms with van der Waals surface area (Å²) >= 11 is 0. The topological polar surface area (TPSA) is 66.8 Å². The molecular formula is C10H18O4. The van der Waals surface area contributed by atoms with E-state index in [9.17, 15) is 9.90 Å². The van der Waals surface area contributed by atoms with Gasteiger partial charge in [0.1, 0.15) is 0 Å². The van der Waals surface area contributed by atoms with Crippen LogP contribution in [0.25, 0.3) is 0 Å². The summed E-state index contributed by atoms with van der Waals surface area (Å²) in [5.41, 5.74) is -1.07. The summed E-state index contributed by atoms with van der Waals surface area (Å²) < 4.78 is 5.04. The summed E-state index contributed by atoms with van der Waals surface area (Å²) in [7, 11) is 1.58. The first-order chi connectivity index (χ1) is 6.40. The van der Waals surface area contributed by atoms with Gasteiger partial charge >= 0.3 is 5.97 Å². The van der Waals surface area contributed by atoms with Crippen LogP contribution < -0.4 is 0 Å². The Bertz CT molecular complexity index is 218. The van der Waals surface area contributed by atoms with Gasteiger partial charge in [0, 0.05) is 20.0 Å². The minimum atomic E-state index is -1.07. The highest BCUT2D eigenvalue weighted by molar-refractivity contribution is 5.72. The first kappa shape index (κ1) is 11.5. The van der Waals surface area contributed by atoms with Crippen LogP contribution >= 0.6 is 0 Å². The highest BCUT2D eigenvalue weighted by Crippen LogP contribution is 2.43. The highest BCUT2D eigenvalue weighted by Gasteiger charge is 2.52. The molecule has 4 heteroatoms. The van der Waals surface area contributed by atoms with Crippen LogP contribution in [-0.4, -0.2) is 35.0 Å². The van der Waals surface area contributed by atoms with E-state index in [0.717, 1.165) is 0 Å². The number of carbonyl (C=O) groups is 1. The van der Waals surface area contributed by atoms with Gasteiger partial charge in [0.25, 0.3) is 0 Å². The van der Waals surface area contributed by atoms with Crippen molar-refractivity contribution in [2.45, 2.75) is 38.4 Å². The summed E-state index contributed by atoms with van der Waals surface area (Å²) in [4.78, 5) is 11.0. The Morgan fingerprint density at radius 2 is 2.00 bits per heavy atom. The number of carboxylic acid groups (broad SMARTS) is 1. The number of hydrogen-bond acceptors (Lipinski definition) is 3. The maximum Gasteiger partial charge on any atom is 0.309 e. The maximum atomic E-state index is 11.0. The SMILES string of the molecule is COC1CC(O)(C(C(=O)O)C(C)C)C1. The minimum Gasteiger partial charge on any atom is -0.481 e. The lowest BCUT2D eigenvalue weighted by molar-refractivity contribution is -0.187. The molecule has 1 rings (SSSR count). The van der Waals surface area contributed by atoms with E-state index in [-0.39, 0.29) is 12.0 Å². The van der Waals surface area contributed by atoms with Crippen molar-refractivity contribution in [1.29, 1.82) is 0 Å². The van der Waals surface area contributed by atoms with Crippen LogP contribution in [0.5, 0.6) is 0 Å². The molecule has 1 aliphatic rings. The molecule has 4 nitrogen and oxygen atoms in total. The van der Waals surface area contributed by atoms with E-state index in [1.165, 1.54) is 0 Å². The van der Waals surface area contributed by atoms with Gasteiger partial charge in [0.05, 0.1) is 17.6 Å². The zero-order valence-electron chi connectivity index (χ0n) is 8.86. The van der Waals surface area contributed by atoms with Crippen LogP contribution in [0.3, 0.4) is 0 Å². The van der Waals surface area contributed by atoms with E-state index in [1.807, 2.05) is 13.8 Å². The van der Waals surface area contributed by atoms with Gasteiger partial charge in [0.2, 0.25) is 0 Å². The molecule has 82 valence electrons. The molecule has 0 aromatic heterocycles. The molecule has 0 amide bonds. The van der Waals surface area contributed by atoms with Gasteiger partial charge in [-0.2, -0.15) is 0 Å². The molecule has 0 radical (unpaired) electrons. The maximum absolute atomic E-state index is 11.0. The largest absolute Gasteiger partial charge is 0.481 e. The van der Waals surface area contributed by atoms with Crippen molar-refractivity contribution in [3.8, 4) is 0 Å². The summed E-state index contributed by atoms with van der Waals surface area (Å²) in [6, 6.07) is 0. The standard InChI is InChI=1S/C10H18O4/c1-6(2)8(9(11)12)10(13)4-7(5-10)14-3/h6-8,13H,4-5H2,1-3H3,(H,11,12). The first-order valence-electron chi connectivity index (χ1n) is 4.88.